The Balaban J connectivity index is 1.57. The number of carbonyl (C=O) groups is 1. The van der Waals surface area contributed by atoms with Crippen LogP contribution < -0.4 is 0 Å². The van der Waals surface area contributed by atoms with Crippen molar-refractivity contribution in [1.29, 1.82) is 0 Å². The van der Waals surface area contributed by atoms with Crippen LogP contribution in [-0.2, 0) is 9.53 Å². The van der Waals surface area contributed by atoms with E-state index in [1.807, 2.05) is 0 Å². The third kappa shape index (κ3) is 2.85. The van der Waals surface area contributed by atoms with Gasteiger partial charge in [-0.05, 0) is 98.7 Å². The summed E-state index contributed by atoms with van der Waals surface area (Å²) in [5.41, 5.74) is 2.52. The van der Waals surface area contributed by atoms with Gasteiger partial charge in [0.25, 0.3) is 0 Å². The lowest BCUT2D eigenvalue weighted by Crippen LogP contribution is -2.53. The van der Waals surface area contributed by atoms with Crippen LogP contribution in [0.5, 0.6) is 0 Å². The number of allylic oxidation sites excluding steroid dienone is 3. The molecule has 0 aromatic rings. The Morgan fingerprint density at radius 1 is 1.11 bits per heavy atom. The van der Waals surface area contributed by atoms with Crippen molar-refractivity contribution in [3.8, 4) is 0 Å². The standard InChI is InChI=1S/C25H38O2/c1-6-17-14-23-20-9-8-18-15-19(27-16(3)26)10-12-24(18,4)22(20)11-13-25(23,5)21(17)7-2/h6-7,17-20,22-23H,1,8-15H2,2-5H3/b21-7+/t17?,18?,19?,20?,22?,23?,24-,25+/m0/s1. The minimum absolute atomic E-state index is 0.106. The molecule has 0 bridgehead atoms. The van der Waals surface area contributed by atoms with E-state index < -0.39 is 0 Å². The van der Waals surface area contributed by atoms with Gasteiger partial charge in [0, 0.05) is 6.92 Å². The summed E-state index contributed by atoms with van der Waals surface area (Å²) in [7, 11) is 0. The Morgan fingerprint density at radius 3 is 2.56 bits per heavy atom. The van der Waals surface area contributed by atoms with Crippen molar-refractivity contribution in [2.24, 2.45) is 40.4 Å². The van der Waals surface area contributed by atoms with Crippen molar-refractivity contribution < 1.29 is 9.53 Å². The fourth-order valence-electron chi connectivity index (χ4n) is 8.26. The average molecular weight is 371 g/mol. The van der Waals surface area contributed by atoms with Crippen LogP contribution in [0.3, 0.4) is 0 Å². The number of rotatable bonds is 2. The van der Waals surface area contributed by atoms with Crippen LogP contribution in [-0.4, -0.2) is 12.1 Å². The zero-order chi connectivity index (χ0) is 19.4. The summed E-state index contributed by atoms with van der Waals surface area (Å²) in [5, 5.41) is 0. The van der Waals surface area contributed by atoms with Crippen molar-refractivity contribution in [3.05, 3.63) is 24.3 Å². The minimum Gasteiger partial charge on any atom is -0.463 e. The molecule has 2 heteroatoms. The molecule has 0 aliphatic heterocycles. The van der Waals surface area contributed by atoms with Gasteiger partial charge in [-0.3, -0.25) is 4.79 Å². The normalized spacial score (nSPS) is 50.4. The number of ether oxygens (including phenoxy) is 1. The van der Waals surface area contributed by atoms with Gasteiger partial charge in [-0.2, -0.15) is 0 Å². The quantitative estimate of drug-likeness (QED) is 0.420. The molecule has 4 aliphatic rings. The maximum atomic E-state index is 11.4. The lowest BCUT2D eigenvalue weighted by molar-refractivity contribution is -0.158. The topological polar surface area (TPSA) is 26.3 Å². The summed E-state index contributed by atoms with van der Waals surface area (Å²) in [6.07, 6.45) is 14.9. The van der Waals surface area contributed by atoms with E-state index in [-0.39, 0.29) is 12.1 Å². The van der Waals surface area contributed by atoms with E-state index in [1.165, 1.54) is 38.5 Å². The highest BCUT2D eigenvalue weighted by molar-refractivity contribution is 5.66. The van der Waals surface area contributed by atoms with E-state index in [9.17, 15) is 4.79 Å². The molecule has 0 aromatic heterocycles. The van der Waals surface area contributed by atoms with E-state index in [1.54, 1.807) is 12.5 Å². The number of fused-ring (bicyclic) bond motifs is 5. The zero-order valence-electron chi connectivity index (χ0n) is 17.8. The molecule has 0 heterocycles. The van der Waals surface area contributed by atoms with Crippen molar-refractivity contribution in [3.63, 3.8) is 0 Å². The number of esters is 1. The summed E-state index contributed by atoms with van der Waals surface area (Å²) in [6.45, 7) is 13.1. The Bertz CT molecular complexity index is 649. The first-order chi connectivity index (χ1) is 12.8. The molecular formula is C25H38O2. The summed E-state index contributed by atoms with van der Waals surface area (Å²) in [4.78, 5) is 11.4. The molecule has 4 rings (SSSR count). The van der Waals surface area contributed by atoms with E-state index in [0.717, 1.165) is 36.5 Å². The van der Waals surface area contributed by atoms with Gasteiger partial charge in [0.1, 0.15) is 6.10 Å². The van der Waals surface area contributed by atoms with Crippen molar-refractivity contribution in [2.45, 2.75) is 85.2 Å². The summed E-state index contributed by atoms with van der Waals surface area (Å²) in [5.74, 6) is 3.78. The lowest BCUT2D eigenvalue weighted by atomic mass is 9.45. The first kappa shape index (κ1) is 19.3. The van der Waals surface area contributed by atoms with Crippen molar-refractivity contribution >= 4 is 5.97 Å². The third-order valence-corrected chi connectivity index (χ3v) is 9.50. The molecule has 0 aromatic carbocycles. The smallest absolute Gasteiger partial charge is 0.302 e. The average Bonchev–Trinajstić information content (AvgIpc) is 2.93. The second kappa shape index (κ2) is 6.78. The predicted molar refractivity (Wildman–Crippen MR) is 110 cm³/mol. The van der Waals surface area contributed by atoms with Gasteiger partial charge in [-0.1, -0.05) is 31.6 Å². The lowest BCUT2D eigenvalue weighted by Gasteiger charge is -2.60. The molecule has 0 spiro atoms. The number of hydrogen-bond acceptors (Lipinski definition) is 2. The van der Waals surface area contributed by atoms with Crippen LogP contribution in [0, 0.1) is 40.4 Å². The second-order valence-corrected chi connectivity index (χ2v) is 10.4. The van der Waals surface area contributed by atoms with Gasteiger partial charge in [0.2, 0.25) is 0 Å². The van der Waals surface area contributed by atoms with Crippen LogP contribution in [0.2, 0.25) is 0 Å². The van der Waals surface area contributed by atoms with E-state index in [4.69, 9.17) is 4.74 Å². The first-order valence-electron chi connectivity index (χ1n) is 11.3. The van der Waals surface area contributed by atoms with Gasteiger partial charge < -0.3 is 4.74 Å². The summed E-state index contributed by atoms with van der Waals surface area (Å²) >= 11 is 0. The molecule has 4 saturated carbocycles. The molecule has 0 radical (unpaired) electrons. The van der Waals surface area contributed by atoms with E-state index in [0.29, 0.717) is 16.7 Å². The summed E-state index contributed by atoms with van der Waals surface area (Å²) < 4.78 is 5.61. The fourth-order valence-corrected chi connectivity index (χ4v) is 8.26. The van der Waals surface area contributed by atoms with Gasteiger partial charge >= 0.3 is 5.97 Å². The Kier molecular flexibility index (Phi) is 4.84. The van der Waals surface area contributed by atoms with Gasteiger partial charge in [-0.15, -0.1) is 6.58 Å². The Labute approximate surface area is 165 Å². The fraction of sp³-hybridized carbons (Fsp3) is 0.800. The minimum atomic E-state index is -0.106. The van der Waals surface area contributed by atoms with E-state index in [2.05, 4.69) is 39.5 Å². The molecule has 0 N–H and O–H groups in total. The molecule has 8 atom stereocenters. The molecule has 0 saturated heterocycles. The maximum absolute atomic E-state index is 11.4. The van der Waals surface area contributed by atoms with Crippen LogP contribution in [0.25, 0.3) is 0 Å². The molecule has 4 fully saturated rings. The van der Waals surface area contributed by atoms with Crippen LogP contribution in [0.1, 0.15) is 79.1 Å². The largest absolute Gasteiger partial charge is 0.463 e. The van der Waals surface area contributed by atoms with Gasteiger partial charge in [0.05, 0.1) is 0 Å². The van der Waals surface area contributed by atoms with E-state index >= 15 is 0 Å². The number of hydrogen-bond donors (Lipinski definition) is 0. The number of carbonyl (C=O) groups excluding carboxylic acids is 1. The molecular weight excluding hydrogens is 332 g/mol. The first-order valence-corrected chi connectivity index (χ1v) is 11.3. The molecule has 2 nitrogen and oxygen atoms in total. The highest BCUT2D eigenvalue weighted by Gasteiger charge is 2.60. The molecule has 6 unspecified atom stereocenters. The molecule has 150 valence electrons. The highest BCUT2D eigenvalue weighted by Crippen LogP contribution is 2.68. The van der Waals surface area contributed by atoms with Crippen LogP contribution >= 0.6 is 0 Å². The zero-order valence-corrected chi connectivity index (χ0v) is 17.8. The molecule has 0 amide bonds. The maximum Gasteiger partial charge on any atom is 0.302 e. The second-order valence-electron chi connectivity index (χ2n) is 10.4. The van der Waals surface area contributed by atoms with Crippen LogP contribution in [0.15, 0.2) is 24.3 Å². The molecule has 4 aliphatic carbocycles. The Hall–Kier alpha value is -1.05. The van der Waals surface area contributed by atoms with Crippen molar-refractivity contribution in [2.75, 3.05) is 0 Å². The SMILES string of the molecule is C=CC1CC2C3CCC4CC(OC(C)=O)CC[C@]4(C)C3CC[C@]2(C)/C1=C/C. The molecule has 27 heavy (non-hydrogen) atoms. The predicted octanol–water partition coefficient (Wildman–Crippen LogP) is 6.32. The Morgan fingerprint density at radius 2 is 1.89 bits per heavy atom. The van der Waals surface area contributed by atoms with Gasteiger partial charge in [0.15, 0.2) is 0 Å². The summed E-state index contributed by atoms with van der Waals surface area (Å²) in [6, 6.07) is 0. The van der Waals surface area contributed by atoms with Crippen LogP contribution in [0.4, 0.5) is 0 Å². The highest BCUT2D eigenvalue weighted by atomic mass is 16.5. The monoisotopic (exact) mass is 370 g/mol. The van der Waals surface area contributed by atoms with Gasteiger partial charge in [-0.25, -0.2) is 0 Å². The van der Waals surface area contributed by atoms with Crippen molar-refractivity contribution in [1.82, 2.24) is 0 Å². The third-order valence-electron chi connectivity index (χ3n) is 9.50.